The summed E-state index contributed by atoms with van der Waals surface area (Å²) in [6, 6.07) is 0. The second-order valence-electron chi connectivity index (χ2n) is 5.58. The molecule has 0 aliphatic carbocycles. The Bertz CT molecular complexity index is 194. The first kappa shape index (κ1) is 15.9. The zero-order valence-electron chi connectivity index (χ0n) is 13.0. The van der Waals surface area contributed by atoms with Crippen molar-refractivity contribution in [3.8, 4) is 0 Å². The third kappa shape index (κ3) is 5.25. The monoisotopic (exact) mass is 255 g/mol. The molecule has 0 unspecified atom stereocenters. The number of likely N-dealkylation sites (N-methyl/N-ethyl adjacent to an activating group) is 1. The molecule has 0 N–H and O–H groups in total. The first-order chi connectivity index (χ1) is 8.78. The van der Waals surface area contributed by atoms with Gasteiger partial charge in [-0.05, 0) is 25.9 Å². The molecule has 0 radical (unpaired) electrons. The van der Waals surface area contributed by atoms with Crippen LogP contribution in [0.1, 0.15) is 33.6 Å². The topological polar surface area (TPSA) is 9.72 Å². The number of rotatable bonds is 5. The Morgan fingerprint density at radius 1 is 0.944 bits per heavy atom. The summed E-state index contributed by atoms with van der Waals surface area (Å²) in [6.45, 7) is 16.7. The minimum absolute atomic E-state index is 0.959. The highest BCUT2D eigenvalue weighted by Gasteiger charge is 2.28. The van der Waals surface area contributed by atoms with E-state index in [1.54, 1.807) is 0 Å². The maximum atomic E-state index is 2.65. The normalized spacial score (nSPS) is 23.3. The van der Waals surface area contributed by atoms with E-state index in [0.29, 0.717) is 0 Å². The van der Waals surface area contributed by atoms with Gasteiger partial charge in [-0.1, -0.05) is 27.2 Å². The zero-order chi connectivity index (χ0) is 13.4. The zero-order valence-corrected chi connectivity index (χ0v) is 13.0. The van der Waals surface area contributed by atoms with E-state index in [2.05, 4.69) is 28.7 Å². The van der Waals surface area contributed by atoms with E-state index in [1.807, 2.05) is 13.8 Å². The van der Waals surface area contributed by atoms with Gasteiger partial charge in [0.1, 0.15) is 0 Å². The summed E-state index contributed by atoms with van der Waals surface area (Å²) >= 11 is 0. The SMILES string of the molecule is CC.CCCCN1CC(CN2CCN(C)CC2)C1. The van der Waals surface area contributed by atoms with E-state index >= 15 is 0 Å². The van der Waals surface area contributed by atoms with Crippen molar-refractivity contribution in [2.24, 2.45) is 5.92 Å². The van der Waals surface area contributed by atoms with Crippen LogP contribution in [0.3, 0.4) is 0 Å². The van der Waals surface area contributed by atoms with E-state index in [0.717, 1.165) is 5.92 Å². The summed E-state index contributed by atoms with van der Waals surface area (Å²) in [4.78, 5) is 7.71. The summed E-state index contributed by atoms with van der Waals surface area (Å²) in [5.41, 5.74) is 0. The van der Waals surface area contributed by atoms with Crippen LogP contribution in [-0.4, -0.2) is 74.1 Å². The van der Waals surface area contributed by atoms with Gasteiger partial charge in [0, 0.05) is 45.8 Å². The lowest BCUT2D eigenvalue weighted by atomic mass is 9.98. The van der Waals surface area contributed by atoms with Gasteiger partial charge in [0.2, 0.25) is 0 Å². The number of hydrogen-bond acceptors (Lipinski definition) is 3. The minimum atomic E-state index is 0.959. The fraction of sp³-hybridized carbons (Fsp3) is 1.00. The lowest BCUT2D eigenvalue weighted by Crippen LogP contribution is -2.54. The number of piperazine rings is 1. The van der Waals surface area contributed by atoms with E-state index in [9.17, 15) is 0 Å². The largest absolute Gasteiger partial charge is 0.304 e. The molecule has 18 heavy (non-hydrogen) atoms. The fourth-order valence-electron chi connectivity index (χ4n) is 2.75. The van der Waals surface area contributed by atoms with E-state index in [1.165, 1.54) is 65.2 Å². The highest BCUT2D eigenvalue weighted by molar-refractivity contribution is 4.83. The molecule has 2 rings (SSSR count). The molecule has 2 fully saturated rings. The molecule has 0 saturated carbocycles. The molecule has 3 nitrogen and oxygen atoms in total. The van der Waals surface area contributed by atoms with Gasteiger partial charge in [0.15, 0.2) is 0 Å². The highest BCUT2D eigenvalue weighted by atomic mass is 15.3. The molecule has 2 heterocycles. The molecule has 0 spiro atoms. The van der Waals surface area contributed by atoms with Crippen LogP contribution in [0.15, 0.2) is 0 Å². The maximum Gasteiger partial charge on any atom is 0.0110 e. The van der Waals surface area contributed by atoms with Crippen LogP contribution in [0.4, 0.5) is 0 Å². The minimum Gasteiger partial charge on any atom is -0.304 e. The molecule has 3 heteroatoms. The smallest absolute Gasteiger partial charge is 0.0110 e. The van der Waals surface area contributed by atoms with Crippen LogP contribution in [0.2, 0.25) is 0 Å². The third-order valence-electron chi connectivity index (χ3n) is 3.97. The van der Waals surface area contributed by atoms with E-state index in [4.69, 9.17) is 0 Å². The summed E-state index contributed by atoms with van der Waals surface area (Å²) in [5, 5.41) is 0. The first-order valence-corrected chi connectivity index (χ1v) is 7.91. The predicted octanol–water partition coefficient (Wildman–Crippen LogP) is 1.99. The number of nitrogens with zero attached hydrogens (tertiary/aromatic N) is 3. The molecule has 2 aliphatic heterocycles. The van der Waals surface area contributed by atoms with Crippen molar-refractivity contribution in [3.05, 3.63) is 0 Å². The van der Waals surface area contributed by atoms with Crippen LogP contribution in [0.5, 0.6) is 0 Å². The quantitative estimate of drug-likeness (QED) is 0.744. The van der Waals surface area contributed by atoms with Crippen molar-refractivity contribution in [1.29, 1.82) is 0 Å². The van der Waals surface area contributed by atoms with Crippen molar-refractivity contribution in [3.63, 3.8) is 0 Å². The average molecular weight is 255 g/mol. The molecule has 108 valence electrons. The van der Waals surface area contributed by atoms with Crippen LogP contribution in [0, 0.1) is 5.92 Å². The molecule has 0 bridgehead atoms. The predicted molar refractivity (Wildman–Crippen MR) is 80.1 cm³/mol. The molecule has 0 amide bonds. The Hall–Kier alpha value is -0.120. The third-order valence-corrected chi connectivity index (χ3v) is 3.97. The average Bonchev–Trinajstić information content (AvgIpc) is 2.37. The maximum absolute atomic E-state index is 2.65. The van der Waals surface area contributed by atoms with E-state index in [-0.39, 0.29) is 0 Å². The summed E-state index contributed by atoms with van der Waals surface area (Å²) in [5.74, 6) is 0.959. The van der Waals surface area contributed by atoms with Gasteiger partial charge in [-0.15, -0.1) is 0 Å². The second-order valence-corrected chi connectivity index (χ2v) is 5.58. The Balaban J connectivity index is 0.000000771. The van der Waals surface area contributed by atoms with Crippen LogP contribution in [0.25, 0.3) is 0 Å². The standard InChI is InChI=1S/C13H27N3.C2H6/c1-3-4-5-16-11-13(12-16)10-15-8-6-14(2)7-9-15;1-2/h13H,3-12H2,1-2H3;1-2H3. The molecule has 2 aliphatic rings. The van der Waals surface area contributed by atoms with Crippen molar-refractivity contribution in [1.82, 2.24) is 14.7 Å². The highest BCUT2D eigenvalue weighted by Crippen LogP contribution is 2.17. The molecule has 0 aromatic carbocycles. The fourth-order valence-corrected chi connectivity index (χ4v) is 2.75. The van der Waals surface area contributed by atoms with E-state index < -0.39 is 0 Å². The van der Waals surface area contributed by atoms with Crippen LogP contribution < -0.4 is 0 Å². The lowest BCUT2D eigenvalue weighted by Gasteiger charge is -2.43. The Morgan fingerprint density at radius 3 is 2.11 bits per heavy atom. The summed E-state index contributed by atoms with van der Waals surface area (Å²) < 4.78 is 0. The van der Waals surface area contributed by atoms with Crippen molar-refractivity contribution in [2.45, 2.75) is 33.6 Å². The van der Waals surface area contributed by atoms with Gasteiger partial charge in [-0.2, -0.15) is 0 Å². The van der Waals surface area contributed by atoms with Gasteiger partial charge < -0.3 is 14.7 Å². The Kier molecular flexibility index (Phi) is 7.87. The number of unbranched alkanes of at least 4 members (excludes halogenated alkanes) is 1. The Labute approximate surface area is 114 Å². The van der Waals surface area contributed by atoms with Crippen molar-refractivity contribution < 1.29 is 0 Å². The van der Waals surface area contributed by atoms with Gasteiger partial charge in [-0.25, -0.2) is 0 Å². The molecular weight excluding hydrogens is 222 g/mol. The molecular formula is C15H33N3. The first-order valence-electron chi connectivity index (χ1n) is 7.91. The lowest BCUT2D eigenvalue weighted by molar-refractivity contribution is 0.0502. The number of likely N-dealkylation sites (tertiary alicyclic amines) is 1. The molecule has 0 atom stereocenters. The number of hydrogen-bond donors (Lipinski definition) is 0. The van der Waals surface area contributed by atoms with Gasteiger partial charge in [0.05, 0.1) is 0 Å². The van der Waals surface area contributed by atoms with Gasteiger partial charge >= 0.3 is 0 Å². The molecule has 0 aromatic rings. The molecule has 0 aromatic heterocycles. The van der Waals surface area contributed by atoms with Gasteiger partial charge in [-0.3, -0.25) is 0 Å². The van der Waals surface area contributed by atoms with Crippen molar-refractivity contribution >= 4 is 0 Å². The second kappa shape index (κ2) is 8.89. The Morgan fingerprint density at radius 2 is 1.56 bits per heavy atom. The molecule has 2 saturated heterocycles. The van der Waals surface area contributed by atoms with Gasteiger partial charge in [0.25, 0.3) is 0 Å². The van der Waals surface area contributed by atoms with Crippen LogP contribution >= 0.6 is 0 Å². The van der Waals surface area contributed by atoms with Crippen LogP contribution in [-0.2, 0) is 0 Å². The summed E-state index contributed by atoms with van der Waals surface area (Å²) in [6.07, 6.45) is 2.71. The summed E-state index contributed by atoms with van der Waals surface area (Å²) in [7, 11) is 2.23. The van der Waals surface area contributed by atoms with Crippen molar-refractivity contribution in [2.75, 3.05) is 59.4 Å².